The lowest BCUT2D eigenvalue weighted by atomic mass is 9.98. The van der Waals surface area contributed by atoms with Crippen molar-refractivity contribution in [2.45, 2.75) is 24.8 Å². The Morgan fingerprint density at radius 1 is 1.09 bits per heavy atom. The van der Waals surface area contributed by atoms with Crippen molar-refractivity contribution in [1.29, 1.82) is 0 Å². The minimum atomic E-state index is -1.25. The number of carbonyl (C=O) groups is 3. The molecule has 0 fully saturated rings. The fraction of sp³-hybridized carbons (Fsp3) is 0.280. The molecule has 0 bridgehead atoms. The number of hydrogen-bond acceptors (Lipinski definition) is 5. The van der Waals surface area contributed by atoms with Crippen molar-refractivity contribution in [2.75, 3.05) is 13.2 Å². The Morgan fingerprint density at radius 2 is 1.74 bits per heavy atom. The van der Waals surface area contributed by atoms with Crippen molar-refractivity contribution >= 4 is 18.0 Å². The van der Waals surface area contributed by atoms with Crippen LogP contribution in [0.25, 0.3) is 11.1 Å². The molecule has 176 valence electrons. The van der Waals surface area contributed by atoms with Gasteiger partial charge in [-0.05, 0) is 22.3 Å². The van der Waals surface area contributed by atoms with Gasteiger partial charge in [-0.2, -0.15) is 0 Å². The number of aryl methyl sites for hydroxylation is 1. The summed E-state index contributed by atoms with van der Waals surface area (Å²) in [5, 5.41) is 14.3. The maximum absolute atomic E-state index is 12.5. The fourth-order valence-electron chi connectivity index (χ4n) is 4.23. The molecule has 1 heterocycles. The second-order valence-electron chi connectivity index (χ2n) is 8.16. The summed E-state index contributed by atoms with van der Waals surface area (Å²) < 4.78 is 7.28. The van der Waals surface area contributed by atoms with Gasteiger partial charge in [0.05, 0.1) is 12.7 Å². The number of carboxylic acid groups (broad SMARTS) is 1. The van der Waals surface area contributed by atoms with Crippen LogP contribution in [-0.2, 0) is 27.8 Å². The van der Waals surface area contributed by atoms with Crippen molar-refractivity contribution in [1.82, 2.24) is 20.2 Å². The predicted octanol–water partition coefficient (Wildman–Crippen LogP) is 2.46. The van der Waals surface area contributed by atoms with Gasteiger partial charge in [0.15, 0.2) is 0 Å². The summed E-state index contributed by atoms with van der Waals surface area (Å²) in [7, 11) is 1.84. The molecule has 1 unspecified atom stereocenters. The molecule has 0 radical (unpaired) electrons. The van der Waals surface area contributed by atoms with Gasteiger partial charge < -0.3 is 25.0 Å². The van der Waals surface area contributed by atoms with E-state index < -0.39 is 30.4 Å². The Bertz CT molecular complexity index is 1160. The van der Waals surface area contributed by atoms with Crippen LogP contribution in [0.2, 0.25) is 0 Å². The van der Waals surface area contributed by atoms with Crippen molar-refractivity contribution < 1.29 is 24.2 Å². The van der Waals surface area contributed by atoms with Crippen molar-refractivity contribution in [2.24, 2.45) is 7.05 Å². The van der Waals surface area contributed by atoms with Gasteiger partial charge in [0.1, 0.15) is 12.6 Å². The number of amides is 2. The SMILES string of the molecule is Cn1cncc1CCNC(=O)C(CC(=O)O)NC(=O)OCC1c2ccccc2-c2ccccc21. The molecule has 2 aromatic carbocycles. The van der Waals surface area contributed by atoms with E-state index in [9.17, 15) is 19.5 Å². The minimum Gasteiger partial charge on any atom is -0.481 e. The maximum Gasteiger partial charge on any atom is 0.407 e. The summed E-state index contributed by atoms with van der Waals surface area (Å²) in [6.45, 7) is 0.350. The van der Waals surface area contributed by atoms with Gasteiger partial charge in [0.2, 0.25) is 5.91 Å². The molecule has 0 saturated carbocycles. The van der Waals surface area contributed by atoms with Crippen LogP contribution in [0.5, 0.6) is 0 Å². The van der Waals surface area contributed by atoms with Crippen LogP contribution in [0.3, 0.4) is 0 Å². The van der Waals surface area contributed by atoms with Gasteiger partial charge >= 0.3 is 12.1 Å². The maximum atomic E-state index is 12.5. The van der Waals surface area contributed by atoms with E-state index in [2.05, 4.69) is 15.6 Å². The second-order valence-corrected chi connectivity index (χ2v) is 8.16. The molecule has 1 aromatic heterocycles. The van der Waals surface area contributed by atoms with Crippen molar-refractivity contribution in [3.05, 3.63) is 77.9 Å². The largest absolute Gasteiger partial charge is 0.481 e. The topological polar surface area (TPSA) is 123 Å². The zero-order valence-corrected chi connectivity index (χ0v) is 18.7. The first-order chi connectivity index (χ1) is 16.4. The lowest BCUT2D eigenvalue weighted by Gasteiger charge is -2.18. The van der Waals surface area contributed by atoms with Gasteiger partial charge in [-0.3, -0.25) is 9.59 Å². The summed E-state index contributed by atoms with van der Waals surface area (Å²) in [4.78, 5) is 40.3. The minimum absolute atomic E-state index is 0.0712. The number of nitrogens with one attached hydrogen (secondary N) is 2. The number of aliphatic carboxylic acids is 1. The number of ether oxygens (including phenoxy) is 1. The highest BCUT2D eigenvalue weighted by Gasteiger charge is 2.30. The third-order valence-electron chi connectivity index (χ3n) is 5.93. The van der Waals surface area contributed by atoms with E-state index in [0.717, 1.165) is 27.9 Å². The number of rotatable bonds is 9. The quantitative estimate of drug-likeness (QED) is 0.449. The molecule has 34 heavy (non-hydrogen) atoms. The summed E-state index contributed by atoms with van der Waals surface area (Å²) in [6.07, 6.45) is 2.48. The first-order valence-corrected chi connectivity index (χ1v) is 11.0. The molecule has 0 aliphatic heterocycles. The Balaban J connectivity index is 1.35. The number of benzene rings is 2. The fourth-order valence-corrected chi connectivity index (χ4v) is 4.23. The zero-order valence-electron chi connectivity index (χ0n) is 18.7. The second kappa shape index (κ2) is 10.2. The Labute approximate surface area is 196 Å². The number of hydrogen-bond donors (Lipinski definition) is 3. The molecule has 1 aliphatic rings. The van der Waals surface area contributed by atoms with Crippen LogP contribution in [0.15, 0.2) is 61.1 Å². The molecule has 0 saturated heterocycles. The number of carboxylic acids is 1. The van der Waals surface area contributed by atoms with E-state index >= 15 is 0 Å². The Hall–Kier alpha value is -4.14. The van der Waals surface area contributed by atoms with Crippen LogP contribution < -0.4 is 10.6 Å². The third-order valence-corrected chi connectivity index (χ3v) is 5.93. The van der Waals surface area contributed by atoms with E-state index in [1.165, 1.54) is 0 Å². The summed E-state index contributed by atoms with van der Waals surface area (Å²) in [5.41, 5.74) is 5.24. The molecule has 1 aliphatic carbocycles. The average Bonchev–Trinajstić information content (AvgIpc) is 3.37. The molecule has 3 N–H and O–H groups in total. The van der Waals surface area contributed by atoms with E-state index in [4.69, 9.17) is 4.74 Å². The van der Waals surface area contributed by atoms with Crippen molar-refractivity contribution in [3.8, 4) is 11.1 Å². The van der Waals surface area contributed by atoms with Gasteiger partial charge in [-0.25, -0.2) is 9.78 Å². The number of nitrogens with zero attached hydrogens (tertiary/aromatic N) is 2. The standard InChI is InChI=1S/C25H26N4O5/c1-29-15-26-13-16(29)10-11-27-24(32)22(12-23(30)31)28-25(33)34-14-21-19-8-4-2-6-17(19)18-7-3-5-9-20(18)21/h2-9,13,15,21-22H,10-12,14H2,1H3,(H,27,32)(H,28,33)(H,30,31). The number of alkyl carbamates (subject to hydrolysis) is 1. The summed E-state index contributed by atoms with van der Waals surface area (Å²) >= 11 is 0. The van der Waals surface area contributed by atoms with Gasteiger partial charge in [0, 0.05) is 37.8 Å². The van der Waals surface area contributed by atoms with Crippen LogP contribution in [-0.4, -0.2) is 51.8 Å². The highest BCUT2D eigenvalue weighted by atomic mass is 16.5. The highest BCUT2D eigenvalue weighted by Crippen LogP contribution is 2.44. The molecule has 3 aromatic rings. The molecule has 0 spiro atoms. The first-order valence-electron chi connectivity index (χ1n) is 11.0. The highest BCUT2D eigenvalue weighted by molar-refractivity contribution is 5.89. The monoisotopic (exact) mass is 462 g/mol. The predicted molar refractivity (Wildman–Crippen MR) is 124 cm³/mol. The van der Waals surface area contributed by atoms with Gasteiger partial charge in [-0.1, -0.05) is 48.5 Å². The lowest BCUT2D eigenvalue weighted by molar-refractivity contribution is -0.139. The molecular formula is C25H26N4O5. The van der Waals surface area contributed by atoms with Gasteiger partial charge in [0.25, 0.3) is 0 Å². The number of imidazole rings is 1. The molecule has 4 rings (SSSR count). The van der Waals surface area contributed by atoms with Gasteiger partial charge in [-0.15, -0.1) is 0 Å². The average molecular weight is 463 g/mol. The third kappa shape index (κ3) is 5.09. The Morgan fingerprint density at radius 3 is 2.32 bits per heavy atom. The number of aromatic nitrogens is 2. The zero-order chi connectivity index (χ0) is 24.1. The van der Waals surface area contributed by atoms with Crippen LogP contribution >= 0.6 is 0 Å². The van der Waals surface area contributed by atoms with E-state index in [1.54, 1.807) is 12.5 Å². The van der Waals surface area contributed by atoms with Crippen LogP contribution in [0.1, 0.15) is 29.2 Å². The van der Waals surface area contributed by atoms with E-state index in [0.29, 0.717) is 6.42 Å². The van der Waals surface area contributed by atoms with Crippen LogP contribution in [0, 0.1) is 0 Å². The summed E-state index contributed by atoms with van der Waals surface area (Å²) in [6, 6.07) is 14.6. The molecule has 9 nitrogen and oxygen atoms in total. The summed E-state index contributed by atoms with van der Waals surface area (Å²) in [5.74, 6) is -1.92. The molecule has 1 atom stereocenters. The van der Waals surface area contributed by atoms with Crippen LogP contribution in [0.4, 0.5) is 4.79 Å². The molecular weight excluding hydrogens is 436 g/mol. The molecule has 2 amide bonds. The molecule has 9 heteroatoms. The normalized spacial score (nSPS) is 13.0. The first kappa shape index (κ1) is 23.0. The lowest BCUT2D eigenvalue weighted by Crippen LogP contribution is -2.48. The number of carbonyl (C=O) groups excluding carboxylic acids is 2. The van der Waals surface area contributed by atoms with Crippen molar-refractivity contribution in [3.63, 3.8) is 0 Å². The van der Waals surface area contributed by atoms with E-state index in [1.807, 2.05) is 60.1 Å². The van der Waals surface area contributed by atoms with E-state index in [-0.39, 0.29) is 19.1 Å². The Kier molecular flexibility index (Phi) is 6.91. The number of fused-ring (bicyclic) bond motifs is 3. The smallest absolute Gasteiger partial charge is 0.407 e.